The van der Waals surface area contributed by atoms with Crippen LogP contribution < -0.4 is 10.3 Å². The molecular formula is C20H28N4. The zero-order valence-electron chi connectivity index (χ0n) is 15.1. The van der Waals surface area contributed by atoms with E-state index < -0.39 is 0 Å². The third-order valence-electron chi connectivity index (χ3n) is 5.76. The van der Waals surface area contributed by atoms with Gasteiger partial charge in [-0.1, -0.05) is 19.2 Å². The van der Waals surface area contributed by atoms with Crippen molar-refractivity contribution in [3.63, 3.8) is 0 Å². The van der Waals surface area contributed by atoms with Crippen molar-refractivity contribution >= 4 is 5.69 Å². The van der Waals surface area contributed by atoms with Crippen LogP contribution in [0.1, 0.15) is 43.4 Å². The largest absolute Gasteiger partial charge is 0.362 e. The Morgan fingerprint density at radius 1 is 1.08 bits per heavy atom. The number of hydrogen-bond acceptors (Lipinski definition) is 4. The van der Waals surface area contributed by atoms with Crippen LogP contribution in [-0.4, -0.2) is 29.0 Å². The van der Waals surface area contributed by atoms with Gasteiger partial charge in [0.1, 0.15) is 0 Å². The van der Waals surface area contributed by atoms with Crippen LogP contribution in [0.5, 0.6) is 0 Å². The number of benzene rings is 1. The van der Waals surface area contributed by atoms with Gasteiger partial charge in [0.25, 0.3) is 0 Å². The molecule has 3 aliphatic heterocycles. The molecule has 4 rings (SSSR count). The third kappa shape index (κ3) is 2.45. The highest BCUT2D eigenvalue weighted by Crippen LogP contribution is 2.39. The summed E-state index contributed by atoms with van der Waals surface area (Å²) in [5.41, 5.74) is 7.96. The summed E-state index contributed by atoms with van der Waals surface area (Å²) in [4.78, 5) is 2.54. The summed E-state index contributed by atoms with van der Waals surface area (Å²) in [6, 6.07) is 5.79. The molecule has 0 amide bonds. The highest BCUT2D eigenvalue weighted by molar-refractivity contribution is 5.60. The van der Waals surface area contributed by atoms with Gasteiger partial charge in [-0.15, -0.1) is 0 Å². The molecule has 128 valence electrons. The molecule has 24 heavy (non-hydrogen) atoms. The van der Waals surface area contributed by atoms with Gasteiger partial charge in [0, 0.05) is 44.1 Å². The van der Waals surface area contributed by atoms with E-state index in [1.807, 2.05) is 0 Å². The van der Waals surface area contributed by atoms with Crippen molar-refractivity contribution in [3.05, 3.63) is 53.4 Å². The number of fused-ring (bicyclic) bond motifs is 2. The van der Waals surface area contributed by atoms with Crippen molar-refractivity contribution in [2.45, 2.75) is 58.4 Å². The first-order valence-electron chi connectivity index (χ1n) is 8.96. The molecule has 1 unspecified atom stereocenters. The number of anilines is 1. The van der Waals surface area contributed by atoms with Crippen molar-refractivity contribution in [2.75, 3.05) is 12.1 Å². The Labute approximate surface area is 145 Å². The number of rotatable bonds is 2. The Morgan fingerprint density at radius 2 is 1.79 bits per heavy atom. The summed E-state index contributed by atoms with van der Waals surface area (Å²) in [5.74, 6) is 0. The fourth-order valence-electron chi connectivity index (χ4n) is 4.23. The fraction of sp³-hybridized carbons (Fsp3) is 0.500. The van der Waals surface area contributed by atoms with Gasteiger partial charge in [0.2, 0.25) is 0 Å². The van der Waals surface area contributed by atoms with Crippen molar-refractivity contribution in [1.29, 1.82) is 0 Å². The number of nitrogens with zero attached hydrogens (tertiary/aromatic N) is 3. The summed E-state index contributed by atoms with van der Waals surface area (Å²) in [6.07, 6.45) is 2.11. The Hall–Kier alpha value is -1.78. The quantitative estimate of drug-likeness (QED) is 0.900. The molecule has 0 radical (unpaired) electrons. The summed E-state index contributed by atoms with van der Waals surface area (Å²) >= 11 is 0. The molecule has 1 aromatic rings. The van der Waals surface area contributed by atoms with Gasteiger partial charge < -0.3 is 10.3 Å². The monoisotopic (exact) mass is 324 g/mol. The Bertz CT molecular complexity index is 706. The molecule has 0 bridgehead atoms. The molecule has 0 aromatic heterocycles. The summed E-state index contributed by atoms with van der Waals surface area (Å²) in [7, 11) is 2.18. The van der Waals surface area contributed by atoms with Gasteiger partial charge in [0.15, 0.2) is 0 Å². The number of allylic oxidation sites excluding steroid dienone is 1. The second-order valence-electron chi connectivity index (χ2n) is 7.68. The van der Waals surface area contributed by atoms with Gasteiger partial charge in [0.05, 0.1) is 11.7 Å². The maximum absolute atomic E-state index is 4.23. The van der Waals surface area contributed by atoms with Gasteiger partial charge in [-0.3, -0.25) is 4.90 Å². The average Bonchev–Trinajstić information content (AvgIpc) is 3.07. The average molecular weight is 324 g/mol. The lowest BCUT2D eigenvalue weighted by Crippen LogP contribution is -2.47. The topological polar surface area (TPSA) is 21.8 Å². The van der Waals surface area contributed by atoms with Gasteiger partial charge in [-0.2, -0.15) is 0 Å². The van der Waals surface area contributed by atoms with E-state index in [9.17, 15) is 0 Å². The van der Waals surface area contributed by atoms with Crippen LogP contribution in [0.4, 0.5) is 5.69 Å². The number of hydrazine groups is 1. The van der Waals surface area contributed by atoms with Crippen LogP contribution in [-0.2, 0) is 19.6 Å². The molecule has 1 saturated heterocycles. The number of piperidine rings is 1. The maximum atomic E-state index is 4.23. The SMILES string of the molecule is C=C1CCC(N2Cc3cc4c(cc3N2C)CN(C(C)C)C4)C(=C)N1. The summed E-state index contributed by atoms with van der Waals surface area (Å²) in [6.45, 7) is 16.0. The van der Waals surface area contributed by atoms with Crippen LogP contribution in [0, 0.1) is 0 Å². The smallest absolute Gasteiger partial charge is 0.0694 e. The van der Waals surface area contributed by atoms with E-state index in [4.69, 9.17) is 0 Å². The molecule has 4 nitrogen and oxygen atoms in total. The molecule has 1 fully saturated rings. The van der Waals surface area contributed by atoms with Gasteiger partial charge in [-0.25, -0.2) is 5.01 Å². The molecule has 3 aliphatic rings. The molecule has 0 spiro atoms. The lowest BCUT2D eigenvalue weighted by molar-refractivity contribution is 0.198. The highest BCUT2D eigenvalue weighted by Gasteiger charge is 2.35. The van der Waals surface area contributed by atoms with E-state index >= 15 is 0 Å². The van der Waals surface area contributed by atoms with Crippen LogP contribution in [0.3, 0.4) is 0 Å². The van der Waals surface area contributed by atoms with Crippen molar-refractivity contribution in [3.8, 4) is 0 Å². The fourth-order valence-corrected chi connectivity index (χ4v) is 4.23. The first-order valence-corrected chi connectivity index (χ1v) is 8.96. The zero-order valence-corrected chi connectivity index (χ0v) is 15.1. The van der Waals surface area contributed by atoms with Crippen LogP contribution >= 0.6 is 0 Å². The van der Waals surface area contributed by atoms with Crippen LogP contribution in [0.2, 0.25) is 0 Å². The minimum absolute atomic E-state index is 0.343. The maximum Gasteiger partial charge on any atom is 0.0694 e. The second-order valence-corrected chi connectivity index (χ2v) is 7.68. The van der Waals surface area contributed by atoms with Crippen LogP contribution in [0.25, 0.3) is 0 Å². The molecule has 3 heterocycles. The Morgan fingerprint density at radius 3 is 2.46 bits per heavy atom. The van der Waals surface area contributed by atoms with E-state index in [-0.39, 0.29) is 0 Å². The van der Waals surface area contributed by atoms with E-state index in [1.165, 1.54) is 22.4 Å². The Kier molecular flexibility index (Phi) is 3.70. The third-order valence-corrected chi connectivity index (χ3v) is 5.76. The lowest BCUT2D eigenvalue weighted by atomic mass is 10.0. The van der Waals surface area contributed by atoms with Crippen LogP contribution in [0.15, 0.2) is 36.7 Å². The van der Waals surface area contributed by atoms with Crippen molar-refractivity contribution < 1.29 is 0 Å². The molecule has 0 saturated carbocycles. The minimum atomic E-state index is 0.343. The first-order chi connectivity index (χ1) is 11.4. The van der Waals surface area contributed by atoms with Crippen molar-refractivity contribution in [2.24, 2.45) is 0 Å². The molecule has 1 N–H and O–H groups in total. The van der Waals surface area contributed by atoms with E-state index in [2.05, 4.69) is 66.4 Å². The number of hydrogen-bond donors (Lipinski definition) is 1. The van der Waals surface area contributed by atoms with Gasteiger partial charge >= 0.3 is 0 Å². The first kappa shape index (κ1) is 15.7. The predicted octanol–water partition coefficient (Wildman–Crippen LogP) is 3.36. The van der Waals surface area contributed by atoms with Gasteiger partial charge in [-0.05, 0) is 49.4 Å². The predicted molar refractivity (Wildman–Crippen MR) is 99.2 cm³/mol. The number of nitrogens with one attached hydrogen (secondary N) is 1. The highest BCUT2D eigenvalue weighted by atomic mass is 15.6. The van der Waals surface area contributed by atoms with E-state index in [1.54, 1.807) is 0 Å². The Balaban J connectivity index is 1.58. The van der Waals surface area contributed by atoms with Crippen molar-refractivity contribution in [1.82, 2.24) is 15.2 Å². The van der Waals surface area contributed by atoms with E-state index in [0.717, 1.165) is 43.9 Å². The molecule has 1 aromatic carbocycles. The molecule has 1 atom stereocenters. The second kappa shape index (κ2) is 5.64. The standard InChI is InChI=1S/C20H28N4/c1-13(2)23-10-16-8-18-12-24(19-7-6-14(3)21-15(19)4)22(5)20(18)9-17(16)11-23/h8-9,13,19,21H,3-4,6-7,10-12H2,1-2,5H3. The summed E-state index contributed by atoms with van der Waals surface area (Å²) in [5, 5.41) is 8.13. The lowest BCUT2D eigenvalue weighted by Gasteiger charge is -2.38. The molecule has 4 heteroatoms. The zero-order chi connectivity index (χ0) is 17.0. The molecule has 0 aliphatic carbocycles. The summed E-state index contributed by atoms with van der Waals surface area (Å²) < 4.78 is 0. The van der Waals surface area contributed by atoms with E-state index in [0.29, 0.717) is 12.1 Å². The normalized spacial score (nSPS) is 24.5. The minimum Gasteiger partial charge on any atom is -0.362 e. The molecular weight excluding hydrogens is 296 g/mol.